The third kappa shape index (κ3) is 4.90. The highest BCUT2D eigenvalue weighted by Gasteiger charge is 2.34. The second-order valence-corrected chi connectivity index (χ2v) is 7.82. The number of aromatic nitrogens is 1. The summed E-state index contributed by atoms with van der Waals surface area (Å²) in [5.41, 5.74) is 1.88. The maximum atomic E-state index is 12.8. The van der Waals surface area contributed by atoms with Crippen LogP contribution in [0.25, 0.3) is 0 Å². The van der Waals surface area contributed by atoms with Gasteiger partial charge in [-0.15, -0.1) is 0 Å². The normalized spacial score (nSPS) is 18.6. The summed E-state index contributed by atoms with van der Waals surface area (Å²) >= 11 is 0. The quantitative estimate of drug-likeness (QED) is 0.683. The Morgan fingerprint density at radius 2 is 1.94 bits per heavy atom. The summed E-state index contributed by atoms with van der Waals surface area (Å²) in [4.78, 5) is 34.9. The van der Waals surface area contributed by atoms with Crippen molar-refractivity contribution in [3.05, 3.63) is 48.2 Å². The average Bonchev–Trinajstić information content (AvgIpc) is 3.38. The average molecular weight is 425 g/mol. The number of urea groups is 1. The summed E-state index contributed by atoms with van der Waals surface area (Å²) < 4.78 is 11.4. The minimum Gasteiger partial charge on any atom is -0.494 e. The van der Waals surface area contributed by atoms with Gasteiger partial charge in [0.2, 0.25) is 11.8 Å². The molecular weight excluding hydrogens is 396 g/mol. The number of pyridine rings is 1. The summed E-state index contributed by atoms with van der Waals surface area (Å²) in [6, 6.07) is 11.1. The molecule has 1 aromatic heterocycles. The summed E-state index contributed by atoms with van der Waals surface area (Å²) in [5.74, 6) is 1.30. The standard InChI is InChI=1S/C23H28N4O4/c1-3-30-19-7-5-18(6-8-19)27-13-12-26(23(27)29)16-22(28)25-11-10-20(15-25)31-21-9-4-17(2)14-24-21/h4-9,14,20H,3,10-13,15-16H2,1-2H3. The van der Waals surface area contributed by atoms with Crippen LogP contribution in [-0.4, -0.2) is 72.2 Å². The van der Waals surface area contributed by atoms with Gasteiger partial charge in [0, 0.05) is 44.0 Å². The number of hydrogen-bond acceptors (Lipinski definition) is 5. The van der Waals surface area contributed by atoms with E-state index in [9.17, 15) is 9.59 Å². The Bertz CT molecular complexity index is 916. The molecule has 3 amide bonds. The lowest BCUT2D eigenvalue weighted by atomic mass is 10.3. The van der Waals surface area contributed by atoms with Crippen molar-refractivity contribution < 1.29 is 19.1 Å². The van der Waals surface area contributed by atoms with E-state index in [1.807, 2.05) is 50.2 Å². The number of amides is 3. The molecule has 0 bridgehead atoms. The number of carbonyl (C=O) groups is 2. The molecule has 2 fully saturated rings. The molecule has 1 unspecified atom stereocenters. The first-order valence-corrected chi connectivity index (χ1v) is 10.7. The van der Waals surface area contributed by atoms with Gasteiger partial charge in [-0.3, -0.25) is 9.69 Å². The van der Waals surface area contributed by atoms with Crippen LogP contribution in [0.15, 0.2) is 42.6 Å². The third-order valence-corrected chi connectivity index (χ3v) is 5.55. The Labute approximate surface area is 182 Å². The Kier molecular flexibility index (Phi) is 6.25. The zero-order chi connectivity index (χ0) is 21.8. The second kappa shape index (κ2) is 9.24. The summed E-state index contributed by atoms with van der Waals surface area (Å²) in [5, 5.41) is 0. The van der Waals surface area contributed by atoms with E-state index in [2.05, 4.69) is 4.98 Å². The number of nitrogens with zero attached hydrogens (tertiary/aromatic N) is 4. The van der Waals surface area contributed by atoms with Crippen LogP contribution in [0.1, 0.15) is 18.9 Å². The zero-order valence-corrected chi connectivity index (χ0v) is 18.0. The van der Waals surface area contributed by atoms with E-state index in [1.54, 1.807) is 20.9 Å². The number of rotatable bonds is 7. The molecule has 0 aliphatic carbocycles. The van der Waals surface area contributed by atoms with Crippen LogP contribution in [0.2, 0.25) is 0 Å². The highest BCUT2D eigenvalue weighted by atomic mass is 16.5. The Morgan fingerprint density at radius 3 is 2.65 bits per heavy atom. The molecule has 0 radical (unpaired) electrons. The van der Waals surface area contributed by atoms with Gasteiger partial charge in [-0.05, 0) is 43.7 Å². The van der Waals surface area contributed by atoms with E-state index in [0.29, 0.717) is 38.7 Å². The van der Waals surface area contributed by atoms with Gasteiger partial charge in [-0.25, -0.2) is 9.78 Å². The van der Waals surface area contributed by atoms with Gasteiger partial charge in [0.15, 0.2) is 0 Å². The molecule has 2 aromatic rings. The minimum atomic E-state index is -0.145. The van der Waals surface area contributed by atoms with Crippen LogP contribution in [0, 0.1) is 6.92 Å². The highest BCUT2D eigenvalue weighted by Crippen LogP contribution is 2.24. The lowest BCUT2D eigenvalue weighted by Gasteiger charge is -2.22. The van der Waals surface area contributed by atoms with Crippen molar-refractivity contribution in [1.29, 1.82) is 0 Å². The SMILES string of the molecule is CCOc1ccc(N2CCN(CC(=O)N3CCC(Oc4ccc(C)cn4)C3)C2=O)cc1. The Balaban J connectivity index is 1.29. The fraction of sp³-hybridized carbons (Fsp3) is 0.435. The first-order valence-electron chi connectivity index (χ1n) is 10.7. The van der Waals surface area contributed by atoms with Crippen LogP contribution in [-0.2, 0) is 4.79 Å². The number of anilines is 1. The van der Waals surface area contributed by atoms with Crippen molar-refractivity contribution >= 4 is 17.6 Å². The van der Waals surface area contributed by atoms with Gasteiger partial charge in [0.05, 0.1) is 13.2 Å². The van der Waals surface area contributed by atoms with E-state index in [4.69, 9.17) is 9.47 Å². The van der Waals surface area contributed by atoms with Gasteiger partial charge in [-0.2, -0.15) is 0 Å². The van der Waals surface area contributed by atoms with Crippen LogP contribution in [0.4, 0.5) is 10.5 Å². The molecule has 2 aliphatic heterocycles. The number of carbonyl (C=O) groups excluding carboxylic acids is 2. The highest BCUT2D eigenvalue weighted by molar-refractivity contribution is 5.96. The molecule has 164 valence electrons. The second-order valence-electron chi connectivity index (χ2n) is 7.82. The molecule has 3 heterocycles. The molecule has 4 rings (SSSR count). The van der Waals surface area contributed by atoms with E-state index >= 15 is 0 Å². The molecule has 0 spiro atoms. The van der Waals surface area contributed by atoms with E-state index in [-0.39, 0.29) is 24.6 Å². The van der Waals surface area contributed by atoms with Gasteiger partial charge >= 0.3 is 6.03 Å². The molecule has 2 saturated heterocycles. The fourth-order valence-corrected chi connectivity index (χ4v) is 3.87. The summed E-state index contributed by atoms with van der Waals surface area (Å²) in [7, 11) is 0. The Hall–Kier alpha value is -3.29. The molecule has 0 saturated carbocycles. The number of ether oxygens (including phenoxy) is 2. The predicted molar refractivity (Wildman–Crippen MR) is 117 cm³/mol. The monoisotopic (exact) mass is 424 g/mol. The Morgan fingerprint density at radius 1 is 1.13 bits per heavy atom. The van der Waals surface area contributed by atoms with Crippen molar-refractivity contribution in [3.8, 4) is 11.6 Å². The van der Waals surface area contributed by atoms with Crippen LogP contribution >= 0.6 is 0 Å². The molecular formula is C23H28N4O4. The number of hydrogen-bond donors (Lipinski definition) is 0. The smallest absolute Gasteiger partial charge is 0.325 e. The van der Waals surface area contributed by atoms with Crippen molar-refractivity contribution in [1.82, 2.24) is 14.8 Å². The van der Waals surface area contributed by atoms with E-state index in [0.717, 1.165) is 23.4 Å². The van der Waals surface area contributed by atoms with Crippen molar-refractivity contribution in [2.24, 2.45) is 0 Å². The minimum absolute atomic E-state index is 0.0511. The largest absolute Gasteiger partial charge is 0.494 e. The van der Waals surface area contributed by atoms with Crippen molar-refractivity contribution in [2.45, 2.75) is 26.4 Å². The van der Waals surface area contributed by atoms with Crippen LogP contribution in [0.5, 0.6) is 11.6 Å². The first kappa shape index (κ1) is 21.0. The summed E-state index contributed by atoms with van der Waals surface area (Å²) in [6.07, 6.45) is 2.45. The zero-order valence-electron chi connectivity index (χ0n) is 18.0. The fourth-order valence-electron chi connectivity index (χ4n) is 3.87. The van der Waals surface area contributed by atoms with Crippen LogP contribution in [0.3, 0.4) is 0 Å². The third-order valence-electron chi connectivity index (χ3n) is 5.55. The maximum Gasteiger partial charge on any atom is 0.325 e. The van der Waals surface area contributed by atoms with Gasteiger partial charge in [0.1, 0.15) is 18.4 Å². The molecule has 8 heteroatoms. The molecule has 2 aliphatic rings. The summed E-state index contributed by atoms with van der Waals surface area (Å²) in [6.45, 7) is 6.82. The predicted octanol–water partition coefficient (Wildman–Crippen LogP) is 2.71. The number of aryl methyl sites for hydroxylation is 1. The number of benzene rings is 1. The van der Waals surface area contributed by atoms with Gasteiger partial charge < -0.3 is 19.3 Å². The van der Waals surface area contributed by atoms with Crippen molar-refractivity contribution in [3.63, 3.8) is 0 Å². The molecule has 1 atom stereocenters. The topological polar surface area (TPSA) is 75.2 Å². The molecule has 0 N–H and O–H groups in total. The first-order chi connectivity index (χ1) is 15.0. The van der Waals surface area contributed by atoms with Gasteiger partial charge in [0.25, 0.3) is 0 Å². The van der Waals surface area contributed by atoms with E-state index < -0.39 is 0 Å². The lowest BCUT2D eigenvalue weighted by molar-refractivity contribution is -0.130. The molecule has 1 aromatic carbocycles. The number of likely N-dealkylation sites (tertiary alicyclic amines) is 1. The van der Waals surface area contributed by atoms with Gasteiger partial charge in [-0.1, -0.05) is 6.07 Å². The molecule has 8 nitrogen and oxygen atoms in total. The van der Waals surface area contributed by atoms with E-state index in [1.165, 1.54) is 0 Å². The van der Waals surface area contributed by atoms with Crippen LogP contribution < -0.4 is 14.4 Å². The molecule has 31 heavy (non-hydrogen) atoms. The maximum absolute atomic E-state index is 12.8. The van der Waals surface area contributed by atoms with Crippen molar-refractivity contribution in [2.75, 3.05) is 44.2 Å². The lowest BCUT2D eigenvalue weighted by Crippen LogP contribution is -2.42.